The molecule has 1 aliphatic rings. The van der Waals surface area contributed by atoms with Crippen molar-refractivity contribution in [3.8, 4) is 5.75 Å². The molecule has 2 amide bonds. The first-order valence-corrected chi connectivity index (χ1v) is 7.96. The Morgan fingerprint density at radius 2 is 1.96 bits per heavy atom. The molecule has 2 aromatic rings. The van der Waals surface area contributed by atoms with Crippen LogP contribution >= 0.6 is 0 Å². The fourth-order valence-electron chi connectivity index (χ4n) is 2.95. The Labute approximate surface area is 141 Å². The predicted molar refractivity (Wildman–Crippen MR) is 90.8 cm³/mol. The molecule has 0 aliphatic carbocycles. The van der Waals surface area contributed by atoms with Gasteiger partial charge in [-0.1, -0.05) is 36.4 Å². The quantitative estimate of drug-likeness (QED) is 0.908. The number of benzene rings is 2. The highest BCUT2D eigenvalue weighted by molar-refractivity contribution is 5.95. The van der Waals surface area contributed by atoms with Crippen LogP contribution in [0.3, 0.4) is 0 Å². The second-order valence-corrected chi connectivity index (χ2v) is 5.81. The molecule has 3 rings (SSSR count). The van der Waals surface area contributed by atoms with Crippen molar-refractivity contribution in [1.82, 2.24) is 10.6 Å². The van der Waals surface area contributed by atoms with E-state index >= 15 is 0 Å². The van der Waals surface area contributed by atoms with Crippen LogP contribution in [0.4, 0.5) is 0 Å². The summed E-state index contributed by atoms with van der Waals surface area (Å²) in [6.45, 7) is 0. The molecule has 1 aliphatic heterocycles. The molecule has 0 radical (unpaired) electrons. The van der Waals surface area contributed by atoms with Gasteiger partial charge in [0.05, 0.1) is 19.2 Å². The molecule has 1 fully saturated rings. The highest BCUT2D eigenvalue weighted by Crippen LogP contribution is 2.24. The highest BCUT2D eigenvalue weighted by atomic mass is 16.5. The minimum atomic E-state index is -0.220. The van der Waals surface area contributed by atoms with E-state index in [-0.39, 0.29) is 23.9 Å². The van der Waals surface area contributed by atoms with E-state index in [2.05, 4.69) is 10.6 Å². The number of carbonyl (C=O) groups is 2. The molecule has 0 spiro atoms. The fraction of sp³-hybridized carbons (Fsp3) is 0.263. The predicted octanol–water partition coefficient (Wildman–Crippen LogP) is 2.44. The van der Waals surface area contributed by atoms with Gasteiger partial charge in [-0.25, -0.2) is 0 Å². The molecule has 0 bridgehead atoms. The van der Waals surface area contributed by atoms with E-state index in [0.29, 0.717) is 24.2 Å². The molecule has 5 heteroatoms. The minimum absolute atomic E-state index is 0.00994. The van der Waals surface area contributed by atoms with E-state index in [1.54, 1.807) is 31.4 Å². The van der Waals surface area contributed by atoms with Gasteiger partial charge in [-0.15, -0.1) is 0 Å². The molecule has 2 N–H and O–H groups in total. The molecular formula is C19H20N2O3. The third-order valence-corrected chi connectivity index (χ3v) is 4.21. The maximum atomic E-state index is 12.6. The Balaban J connectivity index is 1.78. The normalized spacial score (nSPS) is 20.1. The first-order chi connectivity index (χ1) is 11.7. The molecule has 1 heterocycles. The van der Waals surface area contributed by atoms with Crippen LogP contribution < -0.4 is 15.4 Å². The Hall–Kier alpha value is -2.82. The molecular weight excluding hydrogens is 304 g/mol. The lowest BCUT2D eigenvalue weighted by Gasteiger charge is -2.33. The van der Waals surface area contributed by atoms with Crippen molar-refractivity contribution in [1.29, 1.82) is 0 Å². The molecule has 24 heavy (non-hydrogen) atoms. The van der Waals surface area contributed by atoms with Crippen molar-refractivity contribution in [2.45, 2.75) is 24.9 Å². The number of hydrogen-bond acceptors (Lipinski definition) is 3. The first kappa shape index (κ1) is 16.1. The first-order valence-electron chi connectivity index (χ1n) is 7.96. The van der Waals surface area contributed by atoms with Crippen molar-refractivity contribution in [2.24, 2.45) is 0 Å². The number of rotatable bonds is 4. The van der Waals surface area contributed by atoms with E-state index in [1.807, 2.05) is 30.3 Å². The van der Waals surface area contributed by atoms with E-state index < -0.39 is 0 Å². The van der Waals surface area contributed by atoms with Crippen molar-refractivity contribution in [2.75, 3.05) is 7.11 Å². The summed E-state index contributed by atoms with van der Waals surface area (Å²) < 4.78 is 5.16. The van der Waals surface area contributed by atoms with E-state index in [4.69, 9.17) is 4.74 Å². The van der Waals surface area contributed by atoms with Crippen LogP contribution in [0.15, 0.2) is 54.6 Å². The van der Waals surface area contributed by atoms with Gasteiger partial charge in [0.25, 0.3) is 5.91 Å². The maximum Gasteiger partial charge on any atom is 0.251 e. The number of piperidine rings is 1. The van der Waals surface area contributed by atoms with Gasteiger partial charge >= 0.3 is 0 Å². The Kier molecular flexibility index (Phi) is 4.79. The zero-order valence-corrected chi connectivity index (χ0v) is 13.5. The van der Waals surface area contributed by atoms with Crippen LogP contribution in [0.5, 0.6) is 5.75 Å². The number of hydrogen-bond donors (Lipinski definition) is 2. The zero-order valence-electron chi connectivity index (χ0n) is 13.5. The van der Waals surface area contributed by atoms with Gasteiger partial charge in [0, 0.05) is 12.0 Å². The Morgan fingerprint density at radius 1 is 1.17 bits per heavy atom. The van der Waals surface area contributed by atoms with Crippen LogP contribution in [0, 0.1) is 0 Å². The van der Waals surface area contributed by atoms with Crippen LogP contribution in [0.2, 0.25) is 0 Å². The summed E-state index contributed by atoms with van der Waals surface area (Å²) in [7, 11) is 1.57. The summed E-state index contributed by atoms with van der Waals surface area (Å²) in [5.74, 6) is 0.478. The van der Waals surface area contributed by atoms with Crippen LogP contribution in [0.25, 0.3) is 0 Å². The Bertz CT molecular complexity index is 730. The third-order valence-electron chi connectivity index (χ3n) is 4.21. The molecule has 0 unspecified atom stereocenters. The standard InChI is InChI=1S/C19H20N2O3/c1-24-15-9-5-8-14(12-15)19(23)20-16-10-11-17(22)21-18(16)13-6-3-2-4-7-13/h2-9,12,16,18H,10-11H2,1H3,(H,20,23)(H,21,22)/t16-,18+/m1/s1. The minimum Gasteiger partial charge on any atom is -0.497 e. The van der Waals surface area contributed by atoms with Crippen molar-refractivity contribution >= 4 is 11.8 Å². The molecule has 5 nitrogen and oxygen atoms in total. The average molecular weight is 324 g/mol. The van der Waals surface area contributed by atoms with Gasteiger partial charge in [0.15, 0.2) is 0 Å². The largest absolute Gasteiger partial charge is 0.497 e. The summed E-state index contributed by atoms with van der Waals surface area (Å²) in [6, 6.07) is 16.4. The summed E-state index contributed by atoms with van der Waals surface area (Å²) in [6.07, 6.45) is 1.02. The molecule has 2 atom stereocenters. The number of nitrogens with one attached hydrogen (secondary N) is 2. The lowest BCUT2D eigenvalue weighted by molar-refractivity contribution is -0.123. The van der Waals surface area contributed by atoms with E-state index in [0.717, 1.165) is 5.56 Å². The van der Waals surface area contributed by atoms with Gasteiger partial charge in [-0.3, -0.25) is 9.59 Å². The SMILES string of the molecule is COc1cccc(C(=O)N[C@@H]2CCC(=O)N[C@H]2c2ccccc2)c1. The summed E-state index contributed by atoms with van der Waals surface area (Å²) in [5, 5.41) is 6.03. The van der Waals surface area contributed by atoms with Gasteiger partial charge < -0.3 is 15.4 Å². The van der Waals surface area contributed by atoms with Gasteiger partial charge in [-0.05, 0) is 30.2 Å². The van der Waals surface area contributed by atoms with Gasteiger partial charge in [-0.2, -0.15) is 0 Å². The molecule has 124 valence electrons. The van der Waals surface area contributed by atoms with Gasteiger partial charge in [0.2, 0.25) is 5.91 Å². The average Bonchev–Trinajstić information content (AvgIpc) is 2.64. The van der Waals surface area contributed by atoms with E-state index in [9.17, 15) is 9.59 Å². The zero-order chi connectivity index (χ0) is 16.9. The van der Waals surface area contributed by atoms with Crippen LogP contribution in [-0.2, 0) is 4.79 Å². The lowest BCUT2D eigenvalue weighted by atomic mass is 9.91. The second-order valence-electron chi connectivity index (χ2n) is 5.81. The van der Waals surface area contributed by atoms with Crippen LogP contribution in [0.1, 0.15) is 34.8 Å². The maximum absolute atomic E-state index is 12.6. The molecule has 0 aromatic heterocycles. The van der Waals surface area contributed by atoms with Crippen molar-refractivity contribution < 1.29 is 14.3 Å². The molecule has 0 saturated carbocycles. The third kappa shape index (κ3) is 3.56. The number of ether oxygens (including phenoxy) is 1. The molecule has 2 aromatic carbocycles. The van der Waals surface area contributed by atoms with Crippen LogP contribution in [-0.4, -0.2) is 25.0 Å². The fourth-order valence-corrected chi connectivity index (χ4v) is 2.95. The Morgan fingerprint density at radius 3 is 2.71 bits per heavy atom. The summed E-state index contributed by atoms with van der Waals surface area (Å²) in [4.78, 5) is 24.4. The monoisotopic (exact) mass is 324 g/mol. The molecule has 1 saturated heterocycles. The van der Waals surface area contributed by atoms with Crippen molar-refractivity contribution in [3.05, 3.63) is 65.7 Å². The number of carbonyl (C=O) groups excluding carboxylic acids is 2. The topological polar surface area (TPSA) is 67.4 Å². The highest BCUT2D eigenvalue weighted by Gasteiger charge is 2.31. The summed E-state index contributed by atoms with van der Waals surface area (Å²) in [5.41, 5.74) is 1.53. The number of methoxy groups -OCH3 is 1. The van der Waals surface area contributed by atoms with Gasteiger partial charge in [0.1, 0.15) is 5.75 Å². The number of amides is 2. The smallest absolute Gasteiger partial charge is 0.251 e. The van der Waals surface area contributed by atoms with Crippen molar-refractivity contribution in [3.63, 3.8) is 0 Å². The lowest BCUT2D eigenvalue weighted by Crippen LogP contribution is -2.50. The van der Waals surface area contributed by atoms with E-state index in [1.165, 1.54) is 0 Å². The second kappa shape index (κ2) is 7.17. The summed E-state index contributed by atoms with van der Waals surface area (Å²) >= 11 is 0.